The second kappa shape index (κ2) is 12.0. The highest BCUT2D eigenvalue weighted by Gasteiger charge is 2.45. The van der Waals surface area contributed by atoms with Crippen molar-refractivity contribution in [3.8, 4) is 0 Å². The summed E-state index contributed by atoms with van der Waals surface area (Å²) in [5.74, 6) is -0.725. The second-order valence-electron chi connectivity index (χ2n) is 11.1. The number of likely N-dealkylation sites (N-methyl/N-ethyl adjacent to an activating group) is 1. The molecule has 0 bridgehead atoms. The molecule has 210 valence electrons. The maximum absolute atomic E-state index is 14.3. The third-order valence-corrected chi connectivity index (χ3v) is 8.63. The average Bonchev–Trinajstić information content (AvgIpc) is 3.64. The Bertz CT molecular complexity index is 1180. The van der Waals surface area contributed by atoms with Crippen LogP contribution in [-0.2, 0) is 9.59 Å². The highest BCUT2D eigenvalue weighted by molar-refractivity contribution is 6.07. The van der Waals surface area contributed by atoms with Crippen molar-refractivity contribution in [2.75, 3.05) is 26.7 Å². The molecule has 9 nitrogen and oxygen atoms in total. The maximum atomic E-state index is 14.3. The van der Waals surface area contributed by atoms with Gasteiger partial charge < -0.3 is 20.0 Å². The average molecular weight is 540 g/mol. The first-order valence-electron chi connectivity index (χ1n) is 14.1. The minimum Gasteiger partial charge on any atom is -0.446 e. The van der Waals surface area contributed by atoms with E-state index >= 15 is 0 Å². The molecule has 2 aromatic rings. The summed E-state index contributed by atoms with van der Waals surface area (Å²) in [7, 11) is 1.73. The van der Waals surface area contributed by atoms with Crippen molar-refractivity contribution in [3.63, 3.8) is 0 Å². The van der Waals surface area contributed by atoms with E-state index < -0.39 is 23.9 Å². The van der Waals surface area contributed by atoms with Gasteiger partial charge in [0.15, 0.2) is 0 Å². The summed E-state index contributed by atoms with van der Waals surface area (Å²) < 4.78 is 19.2. The van der Waals surface area contributed by atoms with E-state index in [0.29, 0.717) is 24.5 Å². The van der Waals surface area contributed by atoms with Crippen LogP contribution in [0.4, 0.5) is 4.39 Å². The van der Waals surface area contributed by atoms with Gasteiger partial charge in [-0.1, -0.05) is 19.3 Å². The SMILES string of the molecule is CN[C@@H](C)C(=O)N[C@H](C(=O)N1C[C@H]2CCCN2C[C@H]1c1nc(C(=O)c2ccc(F)cc2)co1)C1CCCCC1. The lowest BCUT2D eigenvalue weighted by Crippen LogP contribution is -2.61. The summed E-state index contributed by atoms with van der Waals surface area (Å²) in [6, 6.07) is 4.03. The van der Waals surface area contributed by atoms with Crippen molar-refractivity contribution in [1.29, 1.82) is 0 Å². The van der Waals surface area contributed by atoms with Gasteiger partial charge in [-0.2, -0.15) is 0 Å². The molecule has 1 aromatic heterocycles. The van der Waals surface area contributed by atoms with E-state index in [9.17, 15) is 18.8 Å². The van der Waals surface area contributed by atoms with Gasteiger partial charge in [0.25, 0.3) is 0 Å². The van der Waals surface area contributed by atoms with Crippen molar-refractivity contribution in [2.45, 2.75) is 76.0 Å². The Balaban J connectivity index is 1.43. The van der Waals surface area contributed by atoms with Gasteiger partial charge in [-0.15, -0.1) is 0 Å². The molecule has 4 atom stereocenters. The van der Waals surface area contributed by atoms with Crippen LogP contribution in [0.2, 0.25) is 0 Å². The number of aromatic nitrogens is 1. The maximum Gasteiger partial charge on any atom is 0.246 e. The fourth-order valence-corrected chi connectivity index (χ4v) is 6.20. The Hall–Kier alpha value is -3.11. The number of rotatable bonds is 8. The van der Waals surface area contributed by atoms with E-state index in [0.717, 1.165) is 51.5 Å². The first-order chi connectivity index (χ1) is 18.9. The third kappa shape index (κ3) is 5.91. The van der Waals surface area contributed by atoms with Gasteiger partial charge in [-0.25, -0.2) is 9.37 Å². The molecule has 0 unspecified atom stereocenters. The molecule has 2 N–H and O–H groups in total. The number of carbonyl (C=O) groups excluding carboxylic acids is 3. The van der Waals surface area contributed by atoms with Crippen LogP contribution in [0.3, 0.4) is 0 Å². The first kappa shape index (κ1) is 27.5. The fourth-order valence-electron chi connectivity index (χ4n) is 6.20. The minimum absolute atomic E-state index is 0.0710. The van der Waals surface area contributed by atoms with E-state index in [1.807, 2.05) is 4.90 Å². The number of amides is 2. The van der Waals surface area contributed by atoms with Gasteiger partial charge in [-0.3, -0.25) is 19.3 Å². The number of nitrogens with one attached hydrogen (secondary N) is 2. The molecule has 5 rings (SSSR count). The number of piperazine rings is 1. The first-order valence-corrected chi connectivity index (χ1v) is 14.1. The normalized spacial score (nSPS) is 23.7. The number of ketones is 1. The van der Waals surface area contributed by atoms with Crippen molar-refractivity contribution >= 4 is 17.6 Å². The number of nitrogens with zero attached hydrogens (tertiary/aromatic N) is 3. The van der Waals surface area contributed by atoms with Crippen LogP contribution in [0.15, 0.2) is 34.9 Å². The highest BCUT2D eigenvalue weighted by atomic mass is 19.1. The number of oxazole rings is 1. The molecule has 2 saturated heterocycles. The molecular formula is C29H38FN5O4. The van der Waals surface area contributed by atoms with Crippen molar-refractivity contribution < 1.29 is 23.2 Å². The number of halogens is 1. The lowest BCUT2D eigenvalue weighted by molar-refractivity contribution is -0.145. The van der Waals surface area contributed by atoms with Crippen LogP contribution in [0, 0.1) is 11.7 Å². The Labute approximate surface area is 228 Å². The van der Waals surface area contributed by atoms with Crippen LogP contribution in [0.1, 0.15) is 79.9 Å². The zero-order chi connectivity index (χ0) is 27.5. The summed E-state index contributed by atoms with van der Waals surface area (Å²) >= 11 is 0. The Kier molecular flexibility index (Phi) is 8.42. The zero-order valence-corrected chi connectivity index (χ0v) is 22.7. The molecule has 1 saturated carbocycles. The summed E-state index contributed by atoms with van der Waals surface area (Å²) in [4.78, 5) is 49.0. The van der Waals surface area contributed by atoms with E-state index in [1.54, 1.807) is 14.0 Å². The molecule has 3 heterocycles. The Morgan fingerprint density at radius 2 is 1.79 bits per heavy atom. The van der Waals surface area contributed by atoms with E-state index in [4.69, 9.17) is 4.42 Å². The molecule has 3 aliphatic rings. The number of hydrogen-bond donors (Lipinski definition) is 2. The number of benzene rings is 1. The lowest BCUT2D eigenvalue weighted by atomic mass is 9.82. The second-order valence-corrected chi connectivity index (χ2v) is 11.1. The summed E-state index contributed by atoms with van der Waals surface area (Å²) in [6.45, 7) is 3.80. The summed E-state index contributed by atoms with van der Waals surface area (Å²) in [6.07, 6.45) is 8.40. The smallest absolute Gasteiger partial charge is 0.246 e. The number of hydrogen-bond acceptors (Lipinski definition) is 7. The topological polar surface area (TPSA) is 108 Å². The lowest BCUT2D eigenvalue weighted by Gasteiger charge is -2.44. The van der Waals surface area contributed by atoms with Crippen LogP contribution in [-0.4, -0.2) is 77.2 Å². The van der Waals surface area contributed by atoms with Gasteiger partial charge >= 0.3 is 0 Å². The van der Waals surface area contributed by atoms with Gasteiger partial charge in [0.05, 0.1) is 6.04 Å². The molecule has 1 aromatic carbocycles. The quantitative estimate of drug-likeness (QED) is 0.497. The van der Waals surface area contributed by atoms with Gasteiger partial charge in [0, 0.05) is 24.7 Å². The Morgan fingerprint density at radius 3 is 2.51 bits per heavy atom. The number of fused-ring (bicyclic) bond motifs is 1. The van der Waals surface area contributed by atoms with Crippen LogP contribution in [0.5, 0.6) is 0 Å². The molecule has 0 spiro atoms. The van der Waals surface area contributed by atoms with Crippen molar-refractivity contribution in [1.82, 2.24) is 25.4 Å². The van der Waals surface area contributed by atoms with Crippen molar-refractivity contribution in [2.24, 2.45) is 5.92 Å². The van der Waals surface area contributed by atoms with E-state index in [2.05, 4.69) is 20.5 Å². The van der Waals surface area contributed by atoms with Crippen LogP contribution >= 0.6 is 0 Å². The largest absolute Gasteiger partial charge is 0.446 e. The minimum atomic E-state index is -0.626. The summed E-state index contributed by atoms with van der Waals surface area (Å²) in [5.41, 5.74) is 0.429. The predicted molar refractivity (Wildman–Crippen MR) is 142 cm³/mol. The van der Waals surface area contributed by atoms with Gasteiger partial charge in [0.2, 0.25) is 23.5 Å². The molecule has 1 aliphatic carbocycles. The van der Waals surface area contributed by atoms with Crippen molar-refractivity contribution in [3.05, 3.63) is 53.5 Å². The zero-order valence-electron chi connectivity index (χ0n) is 22.7. The van der Waals surface area contributed by atoms with Crippen LogP contribution in [0.25, 0.3) is 0 Å². The van der Waals surface area contributed by atoms with Gasteiger partial charge in [-0.05, 0) is 76.4 Å². The predicted octanol–water partition coefficient (Wildman–Crippen LogP) is 3.07. The fraction of sp³-hybridized carbons (Fsp3) is 0.586. The number of carbonyl (C=O) groups is 3. The molecule has 3 fully saturated rings. The third-order valence-electron chi connectivity index (χ3n) is 8.63. The van der Waals surface area contributed by atoms with Gasteiger partial charge in [0.1, 0.15) is 29.9 Å². The van der Waals surface area contributed by atoms with E-state index in [1.165, 1.54) is 30.5 Å². The highest BCUT2D eigenvalue weighted by Crippen LogP contribution is 2.35. The van der Waals surface area contributed by atoms with Crippen LogP contribution < -0.4 is 10.6 Å². The molecule has 39 heavy (non-hydrogen) atoms. The molecule has 0 radical (unpaired) electrons. The Morgan fingerprint density at radius 1 is 1.05 bits per heavy atom. The molecule has 2 aliphatic heterocycles. The molecule has 10 heteroatoms. The van der Waals surface area contributed by atoms with E-state index in [-0.39, 0.29) is 35.3 Å². The molecular weight excluding hydrogens is 501 g/mol. The standard InChI is InChI=1S/C29H38FN5O4/c1-18(31-2)27(37)33-25(19-7-4-3-5-8-19)29(38)35-15-22-9-6-14-34(22)16-24(35)28-32-23(17-39-28)26(36)20-10-12-21(30)13-11-20/h10-13,17-19,22,24-25,31H,3-9,14-16H2,1-2H3,(H,33,37)/t18-,22+,24-,25-/m0/s1. The summed E-state index contributed by atoms with van der Waals surface area (Å²) in [5, 5.41) is 6.04. The monoisotopic (exact) mass is 539 g/mol. The molecule has 2 amide bonds.